The van der Waals surface area contributed by atoms with Crippen molar-refractivity contribution in [3.63, 3.8) is 0 Å². The first kappa shape index (κ1) is 10.5. The lowest BCUT2D eigenvalue weighted by Crippen LogP contribution is -2.41. The van der Waals surface area contributed by atoms with Crippen LogP contribution in [0.5, 0.6) is 0 Å². The summed E-state index contributed by atoms with van der Waals surface area (Å²) in [5, 5.41) is 16.5. The van der Waals surface area contributed by atoms with E-state index in [0.717, 1.165) is 0 Å². The first-order valence-electron chi connectivity index (χ1n) is 3.82. The van der Waals surface area contributed by atoms with Gasteiger partial charge in [-0.2, -0.15) is 0 Å². The molecule has 7 heteroatoms. The van der Waals surface area contributed by atoms with E-state index >= 15 is 0 Å². The lowest BCUT2D eigenvalue weighted by molar-refractivity contribution is -0.250. The molecule has 0 saturated carbocycles. The van der Waals surface area contributed by atoms with Crippen LogP contribution in [0.3, 0.4) is 0 Å². The van der Waals surface area contributed by atoms with Crippen LogP contribution in [-0.2, 0) is 0 Å². The maximum atomic E-state index is 11.2. The number of amides is 2. The second kappa shape index (κ2) is 5.18. The van der Waals surface area contributed by atoms with Crippen molar-refractivity contribution in [2.24, 2.45) is 0 Å². The van der Waals surface area contributed by atoms with Crippen molar-refractivity contribution < 1.29 is 14.7 Å². The van der Waals surface area contributed by atoms with Gasteiger partial charge in [0.25, 0.3) is 5.91 Å². The monoisotopic (exact) mass is 214 g/mol. The highest BCUT2D eigenvalue weighted by Crippen LogP contribution is 2.02. The number of carboxylic acid groups (broad SMARTS) is 1. The lowest BCUT2D eigenvalue weighted by Gasteiger charge is -2.06. The summed E-state index contributed by atoms with van der Waals surface area (Å²) in [7, 11) is 0. The number of rotatable bonds is 4. The zero-order chi connectivity index (χ0) is 10.4. The molecule has 76 valence electrons. The Morgan fingerprint density at radius 2 is 2.14 bits per heavy atom. The normalized spacial score (nSPS) is 9.43. The molecule has 0 fully saturated rings. The van der Waals surface area contributed by atoms with E-state index in [1.54, 1.807) is 5.38 Å². The summed E-state index contributed by atoms with van der Waals surface area (Å²) in [6.07, 6.45) is 0.174. The highest BCUT2D eigenvalue weighted by molar-refractivity contribution is 7.11. The Morgan fingerprint density at radius 3 is 2.71 bits per heavy atom. The molecule has 14 heavy (non-hydrogen) atoms. The average molecular weight is 214 g/mol. The summed E-state index contributed by atoms with van der Waals surface area (Å²) in [5.74, 6) is -0.305. The van der Waals surface area contributed by atoms with Crippen molar-refractivity contribution >= 4 is 23.3 Å². The second-order valence-corrected chi connectivity index (χ2v) is 3.20. The molecule has 2 amide bonds. The Morgan fingerprint density at radius 1 is 1.43 bits per heavy atom. The van der Waals surface area contributed by atoms with Gasteiger partial charge in [-0.15, -0.1) is 11.3 Å². The van der Waals surface area contributed by atoms with Crippen LogP contribution in [0.2, 0.25) is 0 Å². The van der Waals surface area contributed by atoms with Crippen LogP contribution in [0, 0.1) is 0 Å². The fourth-order valence-electron chi connectivity index (χ4n) is 0.752. The Labute approximate surface area is 84.0 Å². The largest absolute Gasteiger partial charge is 0.530 e. The third kappa shape index (κ3) is 3.40. The number of carbonyl (C=O) groups is 2. The van der Waals surface area contributed by atoms with Gasteiger partial charge in [0.05, 0.1) is 0 Å². The van der Waals surface area contributed by atoms with Gasteiger partial charge in [0.1, 0.15) is 6.09 Å². The Balaban J connectivity index is 2.19. The highest BCUT2D eigenvalue weighted by Gasteiger charge is 2.05. The van der Waals surface area contributed by atoms with Crippen LogP contribution in [0.4, 0.5) is 4.79 Å². The lowest BCUT2D eigenvalue weighted by atomic mass is 10.5. The van der Waals surface area contributed by atoms with Gasteiger partial charge in [-0.25, -0.2) is 4.98 Å². The summed E-state index contributed by atoms with van der Waals surface area (Å²) >= 11 is 1.22. The summed E-state index contributed by atoms with van der Waals surface area (Å²) in [5.41, 5.74) is 0. The molecule has 0 aliphatic rings. The smallest absolute Gasteiger partial charge is 0.280 e. The molecule has 0 aromatic carbocycles. The van der Waals surface area contributed by atoms with Crippen LogP contribution in [0.15, 0.2) is 11.6 Å². The number of hydrogen-bond donors (Lipinski definition) is 2. The summed E-state index contributed by atoms with van der Waals surface area (Å²) in [4.78, 5) is 24.9. The van der Waals surface area contributed by atoms with Crippen molar-refractivity contribution in [3.8, 4) is 0 Å². The van der Waals surface area contributed by atoms with Gasteiger partial charge in [0.15, 0.2) is 5.01 Å². The number of nitrogens with one attached hydrogen (secondary N) is 2. The molecule has 1 aromatic heterocycles. The zero-order valence-corrected chi connectivity index (χ0v) is 7.97. The Kier molecular flexibility index (Phi) is 3.86. The molecule has 1 aromatic rings. The number of nitrogens with zero attached hydrogens (tertiary/aromatic N) is 1. The van der Waals surface area contributed by atoms with E-state index in [1.807, 2.05) is 5.32 Å². The summed E-state index contributed by atoms with van der Waals surface area (Å²) < 4.78 is 0. The molecule has 0 atom stereocenters. The summed E-state index contributed by atoms with van der Waals surface area (Å²) in [6, 6.07) is 0. The predicted octanol–water partition coefficient (Wildman–Crippen LogP) is -1.19. The Bertz CT molecular complexity index is 312. The maximum Gasteiger partial charge on any atom is 0.280 e. The number of aromatic nitrogens is 1. The summed E-state index contributed by atoms with van der Waals surface area (Å²) in [6.45, 7) is 0.339. The van der Waals surface area contributed by atoms with Crippen molar-refractivity contribution in [1.82, 2.24) is 15.6 Å². The minimum absolute atomic E-state index is 0.124. The maximum absolute atomic E-state index is 11.2. The van der Waals surface area contributed by atoms with Gasteiger partial charge in [-0.1, -0.05) is 0 Å². The second-order valence-electron chi connectivity index (χ2n) is 2.31. The average Bonchev–Trinajstić information content (AvgIpc) is 2.64. The molecule has 0 radical (unpaired) electrons. The van der Waals surface area contributed by atoms with Crippen LogP contribution in [0.25, 0.3) is 0 Å². The SMILES string of the molecule is O=C([O-])NCCNC(=O)c1nccs1. The zero-order valence-electron chi connectivity index (χ0n) is 7.15. The van der Waals surface area contributed by atoms with Crippen LogP contribution < -0.4 is 15.7 Å². The minimum atomic E-state index is -1.35. The van der Waals surface area contributed by atoms with Crippen LogP contribution in [0.1, 0.15) is 9.80 Å². The molecule has 0 saturated heterocycles. The number of thiazole rings is 1. The molecule has 0 bridgehead atoms. The van der Waals surface area contributed by atoms with E-state index in [1.165, 1.54) is 17.5 Å². The van der Waals surface area contributed by atoms with Gasteiger partial charge in [0.2, 0.25) is 0 Å². The molecule has 0 unspecified atom stereocenters. The topological polar surface area (TPSA) is 94.1 Å². The van der Waals surface area contributed by atoms with E-state index < -0.39 is 6.09 Å². The fourth-order valence-corrected chi connectivity index (χ4v) is 1.30. The van der Waals surface area contributed by atoms with E-state index in [0.29, 0.717) is 5.01 Å². The first-order chi connectivity index (χ1) is 6.70. The first-order valence-corrected chi connectivity index (χ1v) is 4.70. The predicted molar refractivity (Wildman–Crippen MR) is 47.8 cm³/mol. The molecular weight excluding hydrogens is 206 g/mol. The number of carbonyl (C=O) groups excluding carboxylic acids is 2. The van der Waals surface area contributed by atoms with Gasteiger partial charge in [-0.05, 0) is 0 Å². The third-order valence-electron chi connectivity index (χ3n) is 1.31. The van der Waals surface area contributed by atoms with Crippen LogP contribution in [-0.4, -0.2) is 30.1 Å². The highest BCUT2D eigenvalue weighted by atomic mass is 32.1. The quantitative estimate of drug-likeness (QED) is 0.616. The minimum Gasteiger partial charge on any atom is -0.530 e. The van der Waals surface area contributed by atoms with Crippen molar-refractivity contribution in [3.05, 3.63) is 16.6 Å². The molecule has 0 aliphatic carbocycles. The number of hydrogen-bond acceptors (Lipinski definition) is 5. The van der Waals surface area contributed by atoms with Gasteiger partial charge in [0, 0.05) is 24.7 Å². The fraction of sp³-hybridized carbons (Fsp3) is 0.286. The molecule has 6 nitrogen and oxygen atoms in total. The molecule has 1 heterocycles. The van der Waals surface area contributed by atoms with Gasteiger partial charge in [-0.3, -0.25) is 4.79 Å². The van der Waals surface area contributed by atoms with Crippen molar-refractivity contribution in [1.29, 1.82) is 0 Å². The Hall–Kier alpha value is -1.63. The molecular formula is C7H8N3O3S-. The molecule has 1 rings (SSSR count). The van der Waals surface area contributed by atoms with Gasteiger partial charge < -0.3 is 20.5 Å². The van der Waals surface area contributed by atoms with E-state index in [-0.39, 0.29) is 19.0 Å². The standard InChI is InChI=1S/C7H9N3O3S/c11-5(6-9-3-4-14-6)8-1-2-10-7(12)13/h3-4,10H,1-2H2,(H,8,11)(H,12,13)/p-1. The van der Waals surface area contributed by atoms with E-state index in [9.17, 15) is 14.7 Å². The van der Waals surface area contributed by atoms with E-state index in [4.69, 9.17) is 0 Å². The molecule has 0 spiro atoms. The molecule has 2 N–H and O–H groups in total. The molecule has 0 aliphatic heterocycles. The van der Waals surface area contributed by atoms with Crippen LogP contribution >= 0.6 is 11.3 Å². The van der Waals surface area contributed by atoms with Crippen molar-refractivity contribution in [2.45, 2.75) is 0 Å². The van der Waals surface area contributed by atoms with Gasteiger partial charge >= 0.3 is 0 Å². The van der Waals surface area contributed by atoms with E-state index in [2.05, 4.69) is 10.3 Å². The third-order valence-corrected chi connectivity index (χ3v) is 2.08. The van der Waals surface area contributed by atoms with Crippen molar-refractivity contribution in [2.75, 3.05) is 13.1 Å².